The van der Waals surface area contributed by atoms with Gasteiger partial charge < -0.3 is 10.2 Å². The molecule has 0 saturated carbocycles. The topological polar surface area (TPSA) is 28.2 Å². The maximum absolute atomic E-state index is 12.5. The number of hydrogen-bond acceptors (Lipinski definition) is 3. The summed E-state index contributed by atoms with van der Waals surface area (Å²) in [7, 11) is 0. The normalized spacial score (nSPS) is 20.0. The number of piperazine rings is 1. The number of anilines is 1. The van der Waals surface area contributed by atoms with Crippen molar-refractivity contribution in [2.75, 3.05) is 24.5 Å². The number of halogens is 3. The Hall–Kier alpha value is -1.82. The molecule has 1 aromatic carbocycles. The first kappa shape index (κ1) is 14.1. The average Bonchev–Trinajstić information content (AvgIpc) is 2.45. The summed E-state index contributed by atoms with van der Waals surface area (Å²) < 4.78 is 37.6. The Labute approximate surface area is 120 Å². The molecule has 3 nitrogen and oxygen atoms in total. The molecule has 1 fully saturated rings. The molecule has 0 amide bonds. The van der Waals surface area contributed by atoms with Crippen molar-refractivity contribution < 1.29 is 13.2 Å². The van der Waals surface area contributed by atoms with Crippen LogP contribution in [0, 0.1) is 0 Å². The molecule has 0 aliphatic carbocycles. The first-order valence-electron chi connectivity index (χ1n) is 6.92. The molecule has 1 N–H and O–H groups in total. The van der Waals surface area contributed by atoms with Crippen LogP contribution < -0.4 is 10.2 Å². The summed E-state index contributed by atoms with van der Waals surface area (Å²) in [4.78, 5) is 6.32. The smallest absolute Gasteiger partial charge is 0.353 e. The molecule has 0 bridgehead atoms. The van der Waals surface area contributed by atoms with E-state index in [0.717, 1.165) is 16.6 Å². The molecule has 21 heavy (non-hydrogen) atoms. The lowest BCUT2D eigenvalue weighted by molar-refractivity contribution is -0.139. The number of rotatable bonds is 2. The molecule has 2 heterocycles. The maximum atomic E-state index is 12.5. The first-order chi connectivity index (χ1) is 10.0. The van der Waals surface area contributed by atoms with Crippen molar-refractivity contribution in [3.8, 4) is 0 Å². The Balaban J connectivity index is 1.85. The van der Waals surface area contributed by atoms with Crippen LogP contribution in [0.15, 0.2) is 36.5 Å². The highest BCUT2D eigenvalue weighted by Crippen LogP contribution is 2.27. The Morgan fingerprint density at radius 2 is 2.05 bits per heavy atom. The molecule has 0 radical (unpaired) electrons. The zero-order valence-corrected chi connectivity index (χ0v) is 11.4. The lowest BCUT2D eigenvalue weighted by atomic mass is 10.1. The van der Waals surface area contributed by atoms with Crippen molar-refractivity contribution in [2.24, 2.45) is 0 Å². The van der Waals surface area contributed by atoms with Crippen LogP contribution in [-0.2, 0) is 0 Å². The Morgan fingerprint density at radius 3 is 2.86 bits per heavy atom. The highest BCUT2D eigenvalue weighted by molar-refractivity contribution is 5.92. The number of fused-ring (bicyclic) bond motifs is 1. The van der Waals surface area contributed by atoms with Crippen LogP contribution in [0.2, 0.25) is 0 Å². The van der Waals surface area contributed by atoms with Gasteiger partial charge in [0.1, 0.15) is 5.82 Å². The Kier molecular flexibility index (Phi) is 3.71. The van der Waals surface area contributed by atoms with Crippen molar-refractivity contribution in [1.29, 1.82) is 0 Å². The minimum absolute atomic E-state index is 0.320. The van der Waals surface area contributed by atoms with Crippen LogP contribution in [-0.4, -0.2) is 36.8 Å². The summed E-state index contributed by atoms with van der Waals surface area (Å²) in [6, 6.07) is 9.13. The number of benzene rings is 1. The molecule has 1 aliphatic heterocycles. The van der Waals surface area contributed by atoms with Gasteiger partial charge >= 0.3 is 6.18 Å². The van der Waals surface area contributed by atoms with Crippen LogP contribution in [0.25, 0.3) is 10.8 Å². The third-order valence-corrected chi connectivity index (χ3v) is 3.69. The van der Waals surface area contributed by atoms with Gasteiger partial charge in [0.25, 0.3) is 0 Å². The molecular weight excluding hydrogens is 279 g/mol. The van der Waals surface area contributed by atoms with E-state index in [1.54, 1.807) is 6.20 Å². The summed E-state index contributed by atoms with van der Waals surface area (Å²) in [6.45, 7) is 1.52. The van der Waals surface area contributed by atoms with Gasteiger partial charge in [-0.2, -0.15) is 13.2 Å². The lowest BCUT2D eigenvalue weighted by Crippen LogP contribution is -2.52. The number of hydrogen-bond donors (Lipinski definition) is 1. The lowest BCUT2D eigenvalue weighted by Gasteiger charge is -2.35. The molecule has 1 unspecified atom stereocenters. The Bertz CT molecular complexity index is 622. The summed E-state index contributed by atoms with van der Waals surface area (Å²) in [5.74, 6) is 0.766. The van der Waals surface area contributed by atoms with E-state index in [1.807, 2.05) is 35.2 Å². The maximum Gasteiger partial charge on any atom is 0.390 e. The van der Waals surface area contributed by atoms with Crippen molar-refractivity contribution in [3.05, 3.63) is 36.5 Å². The van der Waals surface area contributed by atoms with Crippen molar-refractivity contribution in [1.82, 2.24) is 10.3 Å². The van der Waals surface area contributed by atoms with Gasteiger partial charge in [-0.3, -0.25) is 0 Å². The summed E-state index contributed by atoms with van der Waals surface area (Å²) >= 11 is 0. The number of pyridine rings is 1. The van der Waals surface area contributed by atoms with E-state index in [-0.39, 0.29) is 0 Å². The standard InChI is InChI=1S/C15H16F3N3/c16-15(17,18)9-12-10-21(8-7-19-12)14-13-4-2-1-3-11(13)5-6-20-14/h1-6,12,19H,7-10H2. The second-order valence-corrected chi connectivity index (χ2v) is 5.27. The molecule has 1 saturated heterocycles. The largest absolute Gasteiger partial charge is 0.390 e. The van der Waals surface area contributed by atoms with E-state index in [4.69, 9.17) is 0 Å². The van der Waals surface area contributed by atoms with E-state index < -0.39 is 18.6 Å². The fourth-order valence-electron chi connectivity index (χ4n) is 2.79. The highest BCUT2D eigenvalue weighted by Gasteiger charge is 2.34. The van der Waals surface area contributed by atoms with Crippen molar-refractivity contribution in [2.45, 2.75) is 18.6 Å². The van der Waals surface area contributed by atoms with Crippen LogP contribution in [0.3, 0.4) is 0 Å². The van der Waals surface area contributed by atoms with Gasteiger partial charge in [-0.15, -0.1) is 0 Å². The van der Waals surface area contributed by atoms with Crippen molar-refractivity contribution >= 4 is 16.6 Å². The van der Waals surface area contributed by atoms with Crippen LogP contribution in [0.4, 0.5) is 19.0 Å². The van der Waals surface area contributed by atoms with E-state index in [1.165, 1.54) is 0 Å². The quantitative estimate of drug-likeness (QED) is 0.923. The van der Waals surface area contributed by atoms with Crippen LogP contribution in [0.5, 0.6) is 0 Å². The van der Waals surface area contributed by atoms with Gasteiger partial charge in [-0.25, -0.2) is 4.98 Å². The summed E-state index contributed by atoms with van der Waals surface area (Å²) in [5, 5.41) is 4.96. The molecule has 1 aromatic heterocycles. The highest BCUT2D eigenvalue weighted by atomic mass is 19.4. The number of aromatic nitrogens is 1. The first-order valence-corrected chi connectivity index (χ1v) is 6.92. The minimum Gasteiger partial charge on any atom is -0.353 e. The third-order valence-electron chi connectivity index (χ3n) is 3.69. The predicted molar refractivity (Wildman–Crippen MR) is 76.4 cm³/mol. The molecule has 3 rings (SSSR count). The van der Waals surface area contributed by atoms with Crippen molar-refractivity contribution in [3.63, 3.8) is 0 Å². The van der Waals surface area contributed by atoms with Gasteiger partial charge in [0, 0.05) is 37.3 Å². The molecular formula is C15H16F3N3. The second kappa shape index (κ2) is 5.52. The van der Waals surface area contributed by atoms with Crippen LogP contribution in [0.1, 0.15) is 6.42 Å². The molecule has 2 aromatic rings. The van der Waals surface area contributed by atoms with E-state index >= 15 is 0 Å². The number of alkyl halides is 3. The van der Waals surface area contributed by atoms with Gasteiger partial charge in [-0.1, -0.05) is 24.3 Å². The SMILES string of the molecule is FC(F)(F)CC1CN(c2nccc3ccccc23)CCN1. The van der Waals surface area contributed by atoms with Gasteiger partial charge in [0.15, 0.2) is 0 Å². The van der Waals surface area contributed by atoms with E-state index in [2.05, 4.69) is 10.3 Å². The zero-order chi connectivity index (χ0) is 14.9. The molecule has 1 aliphatic rings. The Morgan fingerprint density at radius 1 is 1.24 bits per heavy atom. The fraction of sp³-hybridized carbons (Fsp3) is 0.400. The van der Waals surface area contributed by atoms with Gasteiger partial charge in [0.05, 0.1) is 6.42 Å². The molecule has 0 spiro atoms. The van der Waals surface area contributed by atoms with E-state index in [9.17, 15) is 13.2 Å². The third kappa shape index (κ3) is 3.26. The van der Waals surface area contributed by atoms with E-state index in [0.29, 0.717) is 19.6 Å². The molecule has 1 atom stereocenters. The summed E-state index contributed by atoms with van der Waals surface area (Å²) in [6.07, 6.45) is -3.25. The monoisotopic (exact) mass is 295 g/mol. The average molecular weight is 295 g/mol. The fourth-order valence-corrected chi connectivity index (χ4v) is 2.79. The second-order valence-electron chi connectivity index (χ2n) is 5.27. The molecule has 112 valence electrons. The van der Waals surface area contributed by atoms with Gasteiger partial charge in [-0.05, 0) is 11.5 Å². The zero-order valence-electron chi connectivity index (χ0n) is 11.4. The minimum atomic E-state index is -4.15. The number of nitrogens with one attached hydrogen (secondary N) is 1. The predicted octanol–water partition coefficient (Wildman–Crippen LogP) is 2.97. The molecule has 6 heteroatoms. The summed E-state index contributed by atoms with van der Waals surface area (Å²) in [5.41, 5.74) is 0. The number of nitrogens with zero attached hydrogens (tertiary/aromatic N) is 2. The van der Waals surface area contributed by atoms with Gasteiger partial charge in [0.2, 0.25) is 0 Å². The van der Waals surface area contributed by atoms with Crippen LogP contribution >= 0.6 is 0 Å².